The van der Waals surface area contributed by atoms with Crippen molar-refractivity contribution in [2.75, 3.05) is 0 Å². The predicted molar refractivity (Wildman–Crippen MR) is 63.9 cm³/mol. The van der Waals surface area contributed by atoms with Gasteiger partial charge >= 0.3 is 5.97 Å². The summed E-state index contributed by atoms with van der Waals surface area (Å²) in [4.78, 5) is 23.4. The van der Waals surface area contributed by atoms with Crippen LogP contribution in [0.15, 0.2) is 30.3 Å². The van der Waals surface area contributed by atoms with Gasteiger partial charge in [0.25, 0.3) is 0 Å². The maximum atomic E-state index is 12.3. The number of hydrogen-bond acceptors (Lipinski definition) is 2. The minimum Gasteiger partial charge on any atom is -0.481 e. The lowest BCUT2D eigenvalue weighted by Gasteiger charge is -2.27. The van der Waals surface area contributed by atoms with Gasteiger partial charge in [-0.25, -0.2) is 0 Å². The van der Waals surface area contributed by atoms with Crippen LogP contribution in [-0.4, -0.2) is 16.9 Å². The van der Waals surface area contributed by atoms with Crippen LogP contribution in [0.1, 0.15) is 36.0 Å². The minimum absolute atomic E-state index is 0.0160. The molecule has 1 N–H and O–H groups in total. The molecule has 0 radical (unpaired) electrons. The lowest BCUT2D eigenvalue weighted by atomic mass is 9.75. The summed E-state index contributed by atoms with van der Waals surface area (Å²) in [6.45, 7) is 0. The van der Waals surface area contributed by atoms with Crippen molar-refractivity contribution in [3.8, 4) is 0 Å². The largest absolute Gasteiger partial charge is 0.481 e. The molecule has 0 amide bonds. The highest BCUT2D eigenvalue weighted by Gasteiger charge is 2.35. The summed E-state index contributed by atoms with van der Waals surface area (Å²) in [5.41, 5.74) is 0.630. The number of ketones is 1. The molecule has 1 aliphatic carbocycles. The van der Waals surface area contributed by atoms with Crippen LogP contribution in [0, 0.1) is 11.8 Å². The van der Waals surface area contributed by atoms with E-state index in [1.165, 1.54) is 0 Å². The summed E-state index contributed by atoms with van der Waals surface area (Å²) in [5.74, 6) is -1.70. The highest BCUT2D eigenvalue weighted by atomic mass is 16.4. The Kier molecular flexibility index (Phi) is 3.57. The van der Waals surface area contributed by atoms with Gasteiger partial charge < -0.3 is 5.11 Å². The van der Waals surface area contributed by atoms with E-state index in [1.54, 1.807) is 12.1 Å². The monoisotopic (exact) mass is 232 g/mol. The topological polar surface area (TPSA) is 54.4 Å². The number of aliphatic carboxylic acids is 1. The third kappa shape index (κ3) is 2.54. The zero-order chi connectivity index (χ0) is 12.3. The maximum absolute atomic E-state index is 12.3. The Labute approximate surface area is 100 Å². The fourth-order valence-electron chi connectivity index (χ4n) is 2.56. The van der Waals surface area contributed by atoms with Gasteiger partial charge in [-0.1, -0.05) is 43.2 Å². The molecule has 1 aliphatic rings. The Hall–Kier alpha value is -1.64. The van der Waals surface area contributed by atoms with E-state index in [2.05, 4.69) is 0 Å². The van der Waals surface area contributed by atoms with E-state index >= 15 is 0 Å². The summed E-state index contributed by atoms with van der Waals surface area (Å²) < 4.78 is 0. The van der Waals surface area contributed by atoms with E-state index in [0.717, 1.165) is 12.8 Å². The number of hydrogen-bond donors (Lipinski definition) is 1. The molecule has 1 unspecified atom stereocenters. The molecule has 0 bridgehead atoms. The summed E-state index contributed by atoms with van der Waals surface area (Å²) >= 11 is 0. The molecule has 0 aromatic heterocycles. The van der Waals surface area contributed by atoms with Gasteiger partial charge in [0.05, 0.1) is 5.92 Å². The average molecular weight is 232 g/mol. The third-order valence-corrected chi connectivity index (χ3v) is 3.48. The summed E-state index contributed by atoms with van der Waals surface area (Å²) in [5, 5.41) is 9.15. The molecule has 0 aliphatic heterocycles. The summed E-state index contributed by atoms with van der Waals surface area (Å²) in [6.07, 6.45) is 3.19. The van der Waals surface area contributed by atoms with Crippen LogP contribution in [-0.2, 0) is 4.79 Å². The molecule has 1 fully saturated rings. The van der Waals surface area contributed by atoms with Crippen LogP contribution in [0.5, 0.6) is 0 Å². The number of benzene rings is 1. The Balaban J connectivity index is 2.20. The molecular weight excluding hydrogens is 216 g/mol. The summed E-state index contributed by atoms with van der Waals surface area (Å²) in [7, 11) is 0. The number of carbonyl (C=O) groups is 2. The normalized spacial score (nSPS) is 24.2. The molecule has 0 saturated heterocycles. The van der Waals surface area contributed by atoms with Gasteiger partial charge in [0.2, 0.25) is 0 Å². The molecule has 2 rings (SSSR count). The molecule has 1 aromatic rings. The average Bonchev–Trinajstić information content (AvgIpc) is 2.39. The van der Waals surface area contributed by atoms with Crippen molar-refractivity contribution < 1.29 is 14.7 Å². The van der Waals surface area contributed by atoms with Gasteiger partial charge in [-0.05, 0) is 12.8 Å². The molecule has 2 atom stereocenters. The Bertz CT molecular complexity index is 411. The zero-order valence-corrected chi connectivity index (χ0v) is 9.63. The molecule has 90 valence electrons. The number of rotatable bonds is 3. The van der Waals surface area contributed by atoms with Crippen molar-refractivity contribution >= 4 is 11.8 Å². The smallest absolute Gasteiger partial charge is 0.307 e. The lowest BCUT2D eigenvalue weighted by Crippen LogP contribution is -2.32. The van der Waals surface area contributed by atoms with Crippen LogP contribution in [0.2, 0.25) is 0 Å². The van der Waals surface area contributed by atoms with Crippen molar-refractivity contribution in [3.05, 3.63) is 35.9 Å². The van der Waals surface area contributed by atoms with Gasteiger partial charge in [-0.2, -0.15) is 0 Å². The van der Waals surface area contributed by atoms with Crippen LogP contribution < -0.4 is 0 Å². The van der Waals surface area contributed by atoms with Crippen molar-refractivity contribution in [3.63, 3.8) is 0 Å². The number of carboxylic acids is 1. The second-order valence-corrected chi connectivity index (χ2v) is 4.57. The predicted octanol–water partition coefficient (Wildman–Crippen LogP) is 2.76. The lowest BCUT2D eigenvalue weighted by molar-refractivity contribution is -0.144. The molecule has 0 spiro atoms. The highest BCUT2D eigenvalue weighted by Crippen LogP contribution is 2.32. The second kappa shape index (κ2) is 5.13. The molecule has 3 nitrogen and oxygen atoms in total. The van der Waals surface area contributed by atoms with Gasteiger partial charge in [-0.3, -0.25) is 9.59 Å². The van der Waals surface area contributed by atoms with Crippen LogP contribution in [0.25, 0.3) is 0 Å². The number of carboxylic acid groups (broad SMARTS) is 1. The Morgan fingerprint density at radius 2 is 1.59 bits per heavy atom. The standard InChI is InChI=1S/C14H16O3/c15-13(10-6-2-1-3-7-10)11-8-4-5-9-12(11)14(16)17/h1-3,6-7,11-12H,4-5,8-9H2,(H,16,17)/t11?,12-/m1/s1. The van der Waals surface area contributed by atoms with E-state index < -0.39 is 11.9 Å². The van der Waals surface area contributed by atoms with E-state index in [1.807, 2.05) is 18.2 Å². The molecule has 0 heterocycles. The van der Waals surface area contributed by atoms with Gasteiger partial charge in [0, 0.05) is 11.5 Å². The SMILES string of the molecule is O=C(c1ccccc1)C1CCCC[C@H]1C(=O)O. The van der Waals surface area contributed by atoms with Crippen molar-refractivity contribution in [1.29, 1.82) is 0 Å². The fraction of sp³-hybridized carbons (Fsp3) is 0.429. The maximum Gasteiger partial charge on any atom is 0.307 e. The molecule has 1 aromatic carbocycles. The first kappa shape index (κ1) is 11.8. The van der Waals surface area contributed by atoms with E-state index in [4.69, 9.17) is 5.11 Å². The Morgan fingerprint density at radius 1 is 1.00 bits per heavy atom. The third-order valence-electron chi connectivity index (χ3n) is 3.48. The first-order valence-corrected chi connectivity index (χ1v) is 6.02. The quantitative estimate of drug-likeness (QED) is 0.815. The first-order valence-electron chi connectivity index (χ1n) is 6.02. The van der Waals surface area contributed by atoms with E-state index in [9.17, 15) is 9.59 Å². The molecule has 3 heteroatoms. The minimum atomic E-state index is -0.834. The van der Waals surface area contributed by atoms with Crippen molar-refractivity contribution in [2.24, 2.45) is 11.8 Å². The van der Waals surface area contributed by atoms with Crippen molar-refractivity contribution in [1.82, 2.24) is 0 Å². The highest BCUT2D eigenvalue weighted by molar-refractivity contribution is 5.99. The number of Topliss-reactive ketones (excluding diaryl/α,β-unsaturated/α-hetero) is 1. The van der Waals surface area contributed by atoms with E-state index in [0.29, 0.717) is 18.4 Å². The van der Waals surface area contributed by atoms with Crippen LogP contribution in [0.3, 0.4) is 0 Å². The number of carbonyl (C=O) groups excluding carboxylic acids is 1. The van der Waals surface area contributed by atoms with Gasteiger partial charge in [0.1, 0.15) is 0 Å². The van der Waals surface area contributed by atoms with Crippen LogP contribution >= 0.6 is 0 Å². The Morgan fingerprint density at radius 3 is 2.18 bits per heavy atom. The van der Waals surface area contributed by atoms with Gasteiger partial charge in [0.15, 0.2) is 5.78 Å². The second-order valence-electron chi connectivity index (χ2n) is 4.57. The molecule has 17 heavy (non-hydrogen) atoms. The first-order chi connectivity index (χ1) is 8.20. The fourth-order valence-corrected chi connectivity index (χ4v) is 2.56. The molecule has 1 saturated carbocycles. The summed E-state index contributed by atoms with van der Waals surface area (Å²) in [6, 6.07) is 9.00. The zero-order valence-electron chi connectivity index (χ0n) is 9.63. The molecular formula is C14H16O3. The van der Waals surface area contributed by atoms with Gasteiger partial charge in [-0.15, -0.1) is 0 Å². The van der Waals surface area contributed by atoms with E-state index in [-0.39, 0.29) is 11.7 Å². The van der Waals surface area contributed by atoms with Crippen molar-refractivity contribution in [2.45, 2.75) is 25.7 Å². The van der Waals surface area contributed by atoms with Crippen LogP contribution in [0.4, 0.5) is 0 Å².